The monoisotopic (exact) mass is 86.0 g/mol. The van der Waals surface area contributed by atoms with Gasteiger partial charge in [0.25, 0.3) is 0 Å². The maximum absolute atomic E-state index is 8.12. The van der Waals surface area contributed by atoms with Crippen molar-refractivity contribution in [1.82, 2.24) is 0 Å². The van der Waals surface area contributed by atoms with Crippen molar-refractivity contribution in [1.29, 1.82) is 0 Å². The molecule has 6 heavy (non-hydrogen) atoms. The van der Waals surface area contributed by atoms with Crippen molar-refractivity contribution in [2.75, 3.05) is 0 Å². The Hall–Kier alpha value is -1.06. The Morgan fingerprint density at radius 1 is 1.17 bits per heavy atom. The Morgan fingerprint density at radius 3 is 1.17 bits per heavy atom. The zero-order chi connectivity index (χ0) is 4.71. The van der Waals surface area contributed by atoms with E-state index >= 15 is 0 Å². The molecule has 0 heterocycles. The Labute approximate surface area is 37.2 Å². The molecule has 0 aromatic rings. The van der Waals surface area contributed by atoms with Gasteiger partial charge in [-0.3, -0.25) is 0 Å². The molecule has 0 N–H and O–H groups in total. The maximum atomic E-state index is 8.12. The molecule has 0 atom stereocenters. The highest BCUT2D eigenvalue weighted by Crippen LogP contribution is 0.787. The third kappa shape index (κ3) is 9.85. The van der Waals surface area contributed by atoms with Gasteiger partial charge in [0.1, 0.15) is 0 Å². The van der Waals surface area contributed by atoms with Crippen molar-refractivity contribution in [3.05, 3.63) is 0 Å². The summed E-state index contributed by atoms with van der Waals surface area (Å²) < 4.78 is 0. The largest absolute Gasteiger partial charge is 0.373 e. The summed E-state index contributed by atoms with van der Waals surface area (Å²) in [4.78, 5) is 16.2. The maximum Gasteiger partial charge on any atom is 0.373 e. The van der Waals surface area contributed by atoms with Crippen LogP contribution in [0.25, 0.3) is 0 Å². The van der Waals surface area contributed by atoms with Gasteiger partial charge in [0.2, 0.25) is 0 Å². The fourth-order valence-electron chi connectivity index (χ4n) is 0. The smallest absolute Gasteiger partial charge is 0.186 e. The number of hydrogen-bond acceptors (Lipinski definition) is 2. The molecule has 2 nitrogen and oxygen atoms in total. The Morgan fingerprint density at radius 2 is 1.17 bits per heavy atom. The number of rotatable bonds is 0. The van der Waals surface area contributed by atoms with E-state index in [1.54, 1.807) is 0 Å². The van der Waals surface area contributed by atoms with E-state index in [-0.39, 0.29) is 13.6 Å². The first kappa shape index (κ1) is 20.4. The molecule has 0 aromatic heterocycles. The molecule has 2 heteroatoms. The van der Waals surface area contributed by atoms with Gasteiger partial charge in [-0.05, 0) is 0 Å². The molecule has 0 unspecified atom stereocenters. The van der Waals surface area contributed by atoms with Gasteiger partial charge in [0, 0.05) is 0 Å². The van der Waals surface area contributed by atoms with Gasteiger partial charge in [-0.1, -0.05) is 7.43 Å². The van der Waals surface area contributed by atoms with E-state index in [4.69, 9.17) is 9.59 Å². The normalized spacial score (nSPS) is 1.67. The summed E-state index contributed by atoms with van der Waals surface area (Å²) in [5.41, 5.74) is 0. The molecule has 0 aliphatic rings. The molecule has 0 aromatic carbocycles. The summed E-state index contributed by atoms with van der Waals surface area (Å²) in [5, 5.41) is 0. The summed E-state index contributed by atoms with van der Waals surface area (Å²) in [6, 6.07) is 0. The average Bonchev–Trinajstić information content (AvgIpc) is 1.46. The number of hydrogen-bond donors (Lipinski definition) is 0. The lowest BCUT2D eigenvalue weighted by molar-refractivity contribution is -0.191. The van der Waals surface area contributed by atoms with Crippen LogP contribution in [0.2, 0.25) is 0 Å². The van der Waals surface area contributed by atoms with E-state index in [1.807, 2.05) is 0 Å². The van der Waals surface area contributed by atoms with Gasteiger partial charge in [-0.25, -0.2) is 0 Å². The molecule has 0 aliphatic heterocycles. The quantitative estimate of drug-likeness (QED) is 0.397. The Kier molecular flexibility index (Phi) is 32100. The first-order valence-electron chi connectivity index (χ1n) is 0.742. The summed E-state index contributed by atoms with van der Waals surface area (Å²) >= 11 is 0. The van der Waals surface area contributed by atoms with Crippen molar-refractivity contribution in [2.45, 2.75) is 7.43 Å². The predicted octanol–water partition coefficient (Wildman–Crippen LogP) is 0.302. The highest BCUT2D eigenvalue weighted by molar-refractivity contribution is 5.20. The van der Waals surface area contributed by atoms with Crippen LogP contribution in [-0.2, 0) is 9.59 Å². The standard InChI is InChI=1S/C2H2.CO2.CH4/c1-2;2-1-3;/h1-2H;;1H4. The van der Waals surface area contributed by atoms with Crippen LogP contribution in [0, 0.1) is 12.8 Å². The average molecular weight is 86.1 g/mol. The van der Waals surface area contributed by atoms with Gasteiger partial charge in [-0.15, -0.1) is 12.8 Å². The molecule has 0 amide bonds. The van der Waals surface area contributed by atoms with Crippen LogP contribution in [0.4, 0.5) is 0 Å². The van der Waals surface area contributed by atoms with Crippen molar-refractivity contribution >= 4 is 6.15 Å². The van der Waals surface area contributed by atoms with Crippen molar-refractivity contribution in [3.63, 3.8) is 0 Å². The fraction of sp³-hybridized carbons (Fsp3) is 0.250. The molecule has 0 rings (SSSR count). The summed E-state index contributed by atoms with van der Waals surface area (Å²) in [6.07, 6.45) is 8.25. The van der Waals surface area contributed by atoms with Gasteiger partial charge < -0.3 is 0 Å². The molecule has 0 aliphatic carbocycles. The van der Waals surface area contributed by atoms with Crippen LogP contribution in [-0.4, -0.2) is 6.15 Å². The SMILES string of the molecule is C.C#C.O=C=O. The predicted molar refractivity (Wildman–Crippen MR) is 21.6 cm³/mol. The lowest BCUT2D eigenvalue weighted by atomic mass is 11.4. The highest BCUT2D eigenvalue weighted by Gasteiger charge is 1.13. The van der Waals surface area contributed by atoms with E-state index in [0.717, 1.165) is 0 Å². The lowest BCUT2D eigenvalue weighted by Gasteiger charge is -0.945. The van der Waals surface area contributed by atoms with Crippen LogP contribution < -0.4 is 0 Å². The van der Waals surface area contributed by atoms with E-state index < -0.39 is 0 Å². The second-order valence-electron chi connectivity index (χ2n) is 0.0833. The first-order chi connectivity index (χ1) is 2.41. The minimum absolute atomic E-state index is 0. The lowest BCUT2D eigenvalue weighted by Crippen LogP contribution is -1.22. The third-order valence-electron chi connectivity index (χ3n) is 0. The molecular formula is C4H6O2. The number of terminal acetylenes is 1. The molecule has 0 saturated carbocycles. The van der Waals surface area contributed by atoms with E-state index in [9.17, 15) is 0 Å². The third-order valence-corrected chi connectivity index (χ3v) is 0. The number of carbonyl (C=O) groups excluding carboxylic acids is 2. The molecule has 0 saturated heterocycles. The highest BCUT2D eigenvalue weighted by atomic mass is 16.2. The van der Waals surface area contributed by atoms with Crippen molar-refractivity contribution in [3.8, 4) is 12.8 Å². The Balaban J connectivity index is -0.0000000275. The molecule has 0 radical (unpaired) electrons. The van der Waals surface area contributed by atoms with Gasteiger partial charge in [0.15, 0.2) is 0 Å². The molecule has 0 bridgehead atoms. The summed E-state index contributed by atoms with van der Waals surface area (Å²) in [6.45, 7) is 0. The molecular weight excluding hydrogens is 80.0 g/mol. The Bertz CT molecular complexity index is 47.8. The second-order valence-corrected chi connectivity index (χ2v) is 0.0833. The molecule has 0 spiro atoms. The molecule has 0 fully saturated rings. The zero-order valence-electron chi connectivity index (χ0n) is 2.47. The molecule has 34 valence electrons. The summed E-state index contributed by atoms with van der Waals surface area (Å²) in [7, 11) is 0. The summed E-state index contributed by atoms with van der Waals surface area (Å²) in [5.74, 6) is 0. The van der Waals surface area contributed by atoms with Crippen LogP contribution in [0.1, 0.15) is 7.43 Å². The second kappa shape index (κ2) is 9460. The van der Waals surface area contributed by atoms with Gasteiger partial charge in [0.05, 0.1) is 0 Å². The van der Waals surface area contributed by atoms with Crippen LogP contribution in [0.15, 0.2) is 0 Å². The minimum atomic E-state index is 0. The minimum Gasteiger partial charge on any atom is -0.186 e. The topological polar surface area (TPSA) is 34.1 Å². The van der Waals surface area contributed by atoms with E-state index in [2.05, 4.69) is 12.8 Å². The van der Waals surface area contributed by atoms with Crippen LogP contribution in [0.5, 0.6) is 0 Å². The van der Waals surface area contributed by atoms with E-state index in [0.29, 0.717) is 0 Å². The first-order valence-corrected chi connectivity index (χ1v) is 0.742. The zero-order valence-corrected chi connectivity index (χ0v) is 2.47. The van der Waals surface area contributed by atoms with Gasteiger partial charge >= 0.3 is 6.15 Å². The van der Waals surface area contributed by atoms with Crippen molar-refractivity contribution in [2.24, 2.45) is 0 Å². The fourth-order valence-corrected chi connectivity index (χ4v) is 0. The van der Waals surface area contributed by atoms with Crippen LogP contribution >= 0.6 is 0 Å². The van der Waals surface area contributed by atoms with Crippen molar-refractivity contribution < 1.29 is 9.59 Å². The van der Waals surface area contributed by atoms with E-state index in [1.165, 1.54) is 0 Å². The van der Waals surface area contributed by atoms with Crippen LogP contribution in [0.3, 0.4) is 0 Å². The van der Waals surface area contributed by atoms with Gasteiger partial charge in [-0.2, -0.15) is 9.59 Å².